The molecular weight excluding hydrogens is 458 g/mol. The van der Waals surface area contributed by atoms with Gasteiger partial charge in [0, 0.05) is 5.69 Å². The molecule has 11 nitrogen and oxygen atoms in total. The normalized spacial score (nSPS) is 10.4. The number of carbonyl (C=O) groups is 1. The first-order valence-electron chi connectivity index (χ1n) is 9.22. The Morgan fingerprint density at radius 2 is 1.58 bits per heavy atom. The van der Waals surface area contributed by atoms with Gasteiger partial charge in [0.2, 0.25) is 0 Å². The number of rotatable bonds is 9. The summed E-state index contributed by atoms with van der Waals surface area (Å²) in [5, 5.41) is 34.0. The maximum atomic E-state index is 11.7. The van der Waals surface area contributed by atoms with Crippen molar-refractivity contribution in [3.63, 3.8) is 0 Å². The first-order chi connectivity index (χ1) is 15.7. The van der Waals surface area contributed by atoms with Crippen molar-refractivity contribution >= 4 is 40.3 Å². The molecule has 0 atom stereocenters. The van der Waals surface area contributed by atoms with Crippen molar-refractivity contribution in [2.45, 2.75) is 6.61 Å². The fourth-order valence-electron chi connectivity index (χ4n) is 2.90. The number of nitro groups is 2. The molecule has 2 N–H and O–H groups in total. The molecule has 0 saturated heterocycles. The highest BCUT2D eigenvalue weighted by Crippen LogP contribution is 2.41. The van der Waals surface area contributed by atoms with Gasteiger partial charge in [0.1, 0.15) is 34.4 Å². The number of benzene rings is 3. The summed E-state index contributed by atoms with van der Waals surface area (Å²) in [6.07, 6.45) is 0. The molecule has 33 heavy (non-hydrogen) atoms. The summed E-state index contributed by atoms with van der Waals surface area (Å²) < 4.78 is 10.8. The summed E-state index contributed by atoms with van der Waals surface area (Å²) >= 11 is 5.88. The van der Waals surface area contributed by atoms with Crippen LogP contribution >= 0.6 is 11.6 Å². The number of nitrogens with one attached hydrogen (secondary N) is 1. The Morgan fingerprint density at radius 3 is 2.09 bits per heavy atom. The van der Waals surface area contributed by atoms with E-state index in [0.717, 1.165) is 11.3 Å². The van der Waals surface area contributed by atoms with Crippen LogP contribution in [0.15, 0.2) is 54.6 Å². The Kier molecular flexibility index (Phi) is 6.94. The van der Waals surface area contributed by atoms with Crippen molar-refractivity contribution < 1.29 is 29.2 Å². The predicted octanol–water partition coefficient (Wildman–Crippen LogP) is 5.19. The van der Waals surface area contributed by atoms with E-state index in [4.69, 9.17) is 21.1 Å². The highest BCUT2D eigenvalue weighted by Gasteiger charge is 2.32. The SMILES string of the molecule is COc1ccc(COc2ccc(Nc3c([N+](=O)[O-])cc([N+](=O)[O-])c(Cl)c3C(=O)O)cc2)cc1. The minimum Gasteiger partial charge on any atom is -0.497 e. The third-order valence-corrected chi connectivity index (χ3v) is 4.90. The van der Waals surface area contributed by atoms with Crippen molar-refractivity contribution in [1.29, 1.82) is 0 Å². The van der Waals surface area contributed by atoms with Crippen LogP contribution in [-0.4, -0.2) is 28.0 Å². The van der Waals surface area contributed by atoms with Crippen LogP contribution in [0.4, 0.5) is 22.7 Å². The van der Waals surface area contributed by atoms with Crippen molar-refractivity contribution in [2.24, 2.45) is 0 Å². The molecule has 0 saturated carbocycles. The molecule has 0 aliphatic heterocycles. The van der Waals surface area contributed by atoms with Crippen LogP contribution in [0, 0.1) is 20.2 Å². The van der Waals surface area contributed by atoms with E-state index in [-0.39, 0.29) is 12.3 Å². The lowest BCUT2D eigenvalue weighted by Crippen LogP contribution is -2.09. The number of carboxylic acids is 1. The van der Waals surface area contributed by atoms with Crippen LogP contribution in [0.1, 0.15) is 15.9 Å². The van der Waals surface area contributed by atoms with Crippen LogP contribution in [0.5, 0.6) is 11.5 Å². The summed E-state index contributed by atoms with van der Waals surface area (Å²) in [6, 6.07) is 14.1. The number of hydrogen-bond donors (Lipinski definition) is 2. The predicted molar refractivity (Wildman–Crippen MR) is 119 cm³/mol. The van der Waals surface area contributed by atoms with Crippen LogP contribution in [0.25, 0.3) is 0 Å². The van der Waals surface area contributed by atoms with E-state index in [1.807, 2.05) is 12.1 Å². The topological polar surface area (TPSA) is 154 Å². The fraction of sp³-hybridized carbons (Fsp3) is 0.0952. The Hall–Kier alpha value is -4.38. The molecule has 0 fully saturated rings. The minimum absolute atomic E-state index is 0.280. The van der Waals surface area contributed by atoms with Crippen molar-refractivity contribution in [1.82, 2.24) is 0 Å². The molecule has 0 radical (unpaired) electrons. The maximum Gasteiger partial charge on any atom is 0.339 e. The van der Waals surface area contributed by atoms with Gasteiger partial charge in [-0.3, -0.25) is 20.2 Å². The summed E-state index contributed by atoms with van der Waals surface area (Å²) in [5.74, 6) is -0.449. The molecule has 170 valence electrons. The molecule has 0 spiro atoms. The molecule has 0 aliphatic carbocycles. The number of methoxy groups -OCH3 is 1. The van der Waals surface area contributed by atoms with Gasteiger partial charge in [-0.2, -0.15) is 0 Å². The molecule has 0 heterocycles. The van der Waals surface area contributed by atoms with Gasteiger partial charge in [0.05, 0.1) is 23.0 Å². The number of nitro benzene ring substituents is 2. The Bertz CT molecular complexity index is 1210. The second kappa shape index (κ2) is 9.83. The quantitative estimate of drug-likeness (QED) is 0.315. The largest absolute Gasteiger partial charge is 0.497 e. The number of carboxylic acid groups (broad SMARTS) is 1. The molecule has 12 heteroatoms. The van der Waals surface area contributed by atoms with Crippen LogP contribution in [0.2, 0.25) is 5.02 Å². The van der Waals surface area contributed by atoms with E-state index in [2.05, 4.69) is 5.32 Å². The first kappa shape index (κ1) is 23.3. The Balaban J connectivity index is 1.85. The molecule has 3 rings (SSSR count). The van der Waals surface area contributed by atoms with E-state index in [1.54, 1.807) is 31.4 Å². The van der Waals surface area contributed by atoms with Crippen molar-refractivity contribution in [3.8, 4) is 11.5 Å². The number of halogens is 1. The van der Waals surface area contributed by atoms with E-state index >= 15 is 0 Å². The van der Waals surface area contributed by atoms with E-state index < -0.39 is 43.5 Å². The third-order valence-electron chi connectivity index (χ3n) is 4.52. The van der Waals surface area contributed by atoms with Gasteiger partial charge in [-0.25, -0.2) is 4.79 Å². The molecule has 0 unspecified atom stereocenters. The molecule has 3 aromatic carbocycles. The van der Waals surface area contributed by atoms with Gasteiger partial charge in [-0.05, 0) is 42.0 Å². The second-order valence-electron chi connectivity index (χ2n) is 6.58. The van der Waals surface area contributed by atoms with E-state index in [1.165, 1.54) is 12.1 Å². The summed E-state index contributed by atoms with van der Waals surface area (Å²) in [5.41, 5.74) is -1.76. The minimum atomic E-state index is -1.66. The standard InChI is InChI=1S/C21H16ClN3O8/c1-32-14-6-2-12(3-7-14)11-33-15-8-4-13(5-9-15)23-20-17(25(30)31)10-16(24(28)29)19(22)18(20)21(26)27/h2-10,23H,11H2,1H3,(H,26,27). The smallest absolute Gasteiger partial charge is 0.339 e. The highest BCUT2D eigenvalue weighted by molar-refractivity contribution is 6.36. The zero-order valence-corrected chi connectivity index (χ0v) is 17.7. The lowest BCUT2D eigenvalue weighted by atomic mass is 10.1. The maximum absolute atomic E-state index is 11.7. The average molecular weight is 474 g/mol. The molecule has 0 amide bonds. The zero-order valence-electron chi connectivity index (χ0n) is 17.0. The summed E-state index contributed by atoms with van der Waals surface area (Å²) in [6.45, 7) is 0.281. The lowest BCUT2D eigenvalue weighted by Gasteiger charge is -2.13. The monoisotopic (exact) mass is 473 g/mol. The van der Waals surface area contributed by atoms with Crippen LogP contribution < -0.4 is 14.8 Å². The van der Waals surface area contributed by atoms with Crippen molar-refractivity contribution in [3.05, 3.63) is 91.0 Å². The summed E-state index contributed by atoms with van der Waals surface area (Å²) in [7, 11) is 1.57. The van der Waals surface area contributed by atoms with E-state index in [0.29, 0.717) is 11.8 Å². The third kappa shape index (κ3) is 5.28. The number of ether oxygens (including phenoxy) is 2. The first-order valence-corrected chi connectivity index (χ1v) is 9.60. The van der Waals surface area contributed by atoms with Crippen molar-refractivity contribution in [2.75, 3.05) is 12.4 Å². The van der Waals surface area contributed by atoms with Gasteiger partial charge >= 0.3 is 11.7 Å². The zero-order chi connectivity index (χ0) is 24.1. The van der Waals surface area contributed by atoms with Gasteiger partial charge < -0.3 is 19.9 Å². The number of nitrogens with zero attached hydrogens (tertiary/aromatic N) is 2. The molecule has 0 bridgehead atoms. The van der Waals surface area contributed by atoms with Gasteiger partial charge in [-0.15, -0.1) is 0 Å². The Labute approximate surface area is 191 Å². The van der Waals surface area contributed by atoms with Gasteiger partial charge in [0.25, 0.3) is 5.69 Å². The number of hydrogen-bond acceptors (Lipinski definition) is 8. The molecule has 0 aromatic heterocycles. The molecule has 0 aliphatic rings. The lowest BCUT2D eigenvalue weighted by molar-refractivity contribution is -0.393. The summed E-state index contributed by atoms with van der Waals surface area (Å²) in [4.78, 5) is 32.4. The molecule has 3 aromatic rings. The number of aromatic carboxylic acids is 1. The van der Waals surface area contributed by atoms with E-state index in [9.17, 15) is 30.1 Å². The molecular formula is C21H16ClN3O8. The van der Waals surface area contributed by atoms with Crippen LogP contribution in [-0.2, 0) is 6.61 Å². The number of anilines is 2. The van der Waals surface area contributed by atoms with Crippen LogP contribution in [0.3, 0.4) is 0 Å². The van der Waals surface area contributed by atoms with Gasteiger partial charge in [-0.1, -0.05) is 23.7 Å². The van der Waals surface area contributed by atoms with Gasteiger partial charge in [0.15, 0.2) is 0 Å². The Morgan fingerprint density at radius 1 is 1.00 bits per heavy atom. The second-order valence-corrected chi connectivity index (χ2v) is 6.96. The highest BCUT2D eigenvalue weighted by atomic mass is 35.5. The average Bonchev–Trinajstić information content (AvgIpc) is 2.78. The fourth-order valence-corrected chi connectivity index (χ4v) is 3.20.